The summed E-state index contributed by atoms with van der Waals surface area (Å²) in [5.74, 6) is -1.52. The molecule has 152 valence electrons. The van der Waals surface area contributed by atoms with Crippen molar-refractivity contribution in [2.45, 2.75) is 13.1 Å². The molecule has 0 N–H and O–H groups in total. The maximum atomic E-state index is 12.5. The summed E-state index contributed by atoms with van der Waals surface area (Å²) in [7, 11) is 2.25. The number of carboxylic acid groups (broad SMARTS) is 2. The van der Waals surface area contributed by atoms with Crippen molar-refractivity contribution in [3.05, 3.63) is 37.8 Å². The third kappa shape index (κ3) is 8.79. The number of fused-ring (bicyclic) bond motifs is 1. The first-order valence-electron chi connectivity index (χ1n) is 7.12. The van der Waals surface area contributed by atoms with E-state index < -0.39 is 47.5 Å². The average molecular weight is 684 g/mol. The first kappa shape index (κ1) is 32.7. The van der Waals surface area contributed by atoms with Crippen molar-refractivity contribution in [3.8, 4) is 0 Å². The third-order valence-electron chi connectivity index (χ3n) is 3.32. The zero-order valence-corrected chi connectivity index (χ0v) is 29.7. The first-order chi connectivity index (χ1) is 13.0. The molecule has 0 unspecified atom stereocenters. The molecule has 0 amide bonds. The van der Waals surface area contributed by atoms with Gasteiger partial charge in [-0.2, -0.15) is 0 Å². The number of carbonyl (C=O) groups is 3. The van der Waals surface area contributed by atoms with Gasteiger partial charge >= 0.3 is 161 Å². The van der Waals surface area contributed by atoms with Gasteiger partial charge in [-0.3, -0.25) is 28.8 Å². The molecule has 0 saturated heterocycles. The van der Waals surface area contributed by atoms with E-state index in [4.69, 9.17) is 26.6 Å². The van der Waals surface area contributed by atoms with Crippen molar-refractivity contribution >= 4 is 46.4 Å². The van der Waals surface area contributed by atoms with Crippen LogP contribution in [0.5, 0.6) is 0 Å². The van der Waals surface area contributed by atoms with Gasteiger partial charge in [0.25, 0.3) is 0 Å². The Morgan fingerprint density at radius 3 is 1.87 bits per heavy atom. The zero-order valence-electron chi connectivity index (χ0n) is 16.4. The number of aromatic nitrogens is 2. The van der Waals surface area contributed by atoms with E-state index in [0.717, 1.165) is 23.4 Å². The zero-order chi connectivity index (χ0) is 21.6. The fraction of sp³-hybridized carbons (Fsp3) is 0.286. The van der Waals surface area contributed by atoms with Crippen molar-refractivity contribution in [2.24, 2.45) is 0 Å². The molecule has 13 nitrogen and oxygen atoms in total. The van der Waals surface area contributed by atoms with Crippen molar-refractivity contribution < 1.29 is 177 Å². The molecule has 30 heavy (non-hydrogen) atoms. The summed E-state index contributed by atoms with van der Waals surface area (Å²) in [5.41, 5.74) is -1.44. The van der Waals surface area contributed by atoms with Crippen LogP contribution < -0.4 is 154 Å². The molecule has 2 aromatic rings. The molecule has 0 atom stereocenters. The van der Waals surface area contributed by atoms with Gasteiger partial charge in [0, 0.05) is 0 Å². The van der Waals surface area contributed by atoms with Gasteiger partial charge in [-0.05, 0) is 18.3 Å². The Morgan fingerprint density at radius 2 is 1.47 bits per heavy atom. The van der Waals surface area contributed by atoms with E-state index in [-0.39, 0.29) is 154 Å². The number of ether oxygens (including phenoxy) is 2. The molecular formula is C14H12ClCs2N3O10. The van der Waals surface area contributed by atoms with Gasteiger partial charge in [-0.25, -0.2) is 4.79 Å². The Balaban J connectivity index is 0. The largest absolute Gasteiger partial charge is 1.00 e. The second-order valence-electron chi connectivity index (χ2n) is 4.88. The summed E-state index contributed by atoms with van der Waals surface area (Å²) in [6.07, 6.45) is -2.33. The Labute approximate surface area is 291 Å². The average Bonchev–Trinajstić information content (AvgIpc) is 2.86. The number of hydrogen-bond acceptors (Lipinski definition) is 10. The fourth-order valence-electron chi connectivity index (χ4n) is 2.23. The molecule has 0 fully saturated rings. The molecule has 16 heteroatoms. The number of nitro groups is 1. The second-order valence-corrected chi connectivity index (χ2v) is 5.29. The molecule has 0 bridgehead atoms. The van der Waals surface area contributed by atoms with Crippen LogP contribution in [0.15, 0.2) is 16.9 Å². The molecule has 1 aromatic carbocycles. The molecule has 0 radical (unpaired) electrons. The van der Waals surface area contributed by atoms with Crippen LogP contribution in [0.2, 0.25) is 5.02 Å². The first-order valence-corrected chi connectivity index (χ1v) is 7.50. The number of rotatable bonds is 5. The molecule has 1 heterocycles. The summed E-state index contributed by atoms with van der Waals surface area (Å²) < 4.78 is 10.8. The number of benzene rings is 1. The topological polar surface area (TPSA) is 186 Å². The van der Waals surface area contributed by atoms with Crippen LogP contribution in [0.25, 0.3) is 11.0 Å². The monoisotopic (exact) mass is 683 g/mol. The van der Waals surface area contributed by atoms with E-state index in [0.29, 0.717) is 0 Å². The predicted octanol–water partition coefficient (Wildman–Crippen LogP) is -7.73. The summed E-state index contributed by atoms with van der Waals surface area (Å²) >= 11 is 5.86. The summed E-state index contributed by atoms with van der Waals surface area (Å²) in [6, 6.07) is 2.58. The molecule has 0 aliphatic heterocycles. The molecule has 0 saturated carbocycles. The van der Waals surface area contributed by atoms with E-state index in [2.05, 4.69) is 9.47 Å². The smallest absolute Gasteiger partial charge is 0.652 e. The predicted molar refractivity (Wildman–Crippen MR) is 87.3 cm³/mol. The molecule has 0 aliphatic carbocycles. The minimum Gasteiger partial charge on any atom is -0.652 e. The van der Waals surface area contributed by atoms with Crippen LogP contribution in [-0.2, 0) is 32.2 Å². The Morgan fingerprint density at radius 1 is 1.03 bits per heavy atom. The normalized spacial score (nSPS) is 9.30. The van der Waals surface area contributed by atoms with Crippen molar-refractivity contribution in [2.75, 3.05) is 14.2 Å². The number of methoxy groups -OCH3 is 2. The molecule has 2 rings (SSSR count). The SMILES string of the molecule is COC(=O)Cn1c(=O)n(CC(=O)OC)c2c([N+](=O)[O-])c(Cl)ccc21.O=C([O-])[O-].[Cs+].[Cs+]. The van der Waals surface area contributed by atoms with Crippen LogP contribution in [-0.4, -0.2) is 46.4 Å². The van der Waals surface area contributed by atoms with Crippen molar-refractivity contribution in [1.82, 2.24) is 9.13 Å². The van der Waals surface area contributed by atoms with Gasteiger partial charge in [0.2, 0.25) is 0 Å². The number of carbonyl (C=O) groups excluding carboxylic acids is 3. The van der Waals surface area contributed by atoms with Gasteiger partial charge in [-0.15, -0.1) is 0 Å². The summed E-state index contributed by atoms with van der Waals surface area (Å²) in [4.78, 5) is 54.5. The summed E-state index contributed by atoms with van der Waals surface area (Å²) in [5, 5.41) is 27.8. The van der Waals surface area contributed by atoms with Gasteiger partial charge in [0.15, 0.2) is 5.52 Å². The minimum absolute atomic E-state index is 0. The third-order valence-corrected chi connectivity index (χ3v) is 3.62. The molecule has 0 aliphatic rings. The molecular weight excluding hydrogens is 671 g/mol. The Bertz CT molecular complexity index is 1000. The number of halogens is 1. The maximum absolute atomic E-state index is 12.5. The van der Waals surface area contributed by atoms with Crippen LogP contribution >= 0.6 is 11.6 Å². The second kappa shape index (κ2) is 15.4. The maximum Gasteiger partial charge on any atom is 1.00 e. The Hall–Kier alpha value is 0.494. The Kier molecular flexibility index (Phi) is 16.7. The number of imidazole rings is 1. The number of nitrogens with zero attached hydrogens (tertiary/aromatic N) is 3. The van der Waals surface area contributed by atoms with Crippen LogP contribution in [0.1, 0.15) is 0 Å². The van der Waals surface area contributed by atoms with Crippen molar-refractivity contribution in [1.29, 1.82) is 0 Å². The quantitative estimate of drug-likeness (QED) is 0.167. The van der Waals surface area contributed by atoms with Gasteiger partial charge in [0.1, 0.15) is 18.1 Å². The van der Waals surface area contributed by atoms with Gasteiger partial charge < -0.3 is 24.5 Å². The standard InChI is InChI=1S/C13H12ClN3O7.CH2O3.2Cs/c1-23-9(18)5-15-8-4-3-7(14)11(17(21)22)12(8)16(13(15)20)6-10(19)24-2;2-1(3)4;;/h3-4H,5-6H2,1-2H3;(H2,2,3,4);;/q;;2*+1/p-2. The van der Waals surface area contributed by atoms with Gasteiger partial charge in [-0.1, -0.05) is 11.6 Å². The van der Waals surface area contributed by atoms with Crippen LogP contribution in [0, 0.1) is 10.1 Å². The van der Waals surface area contributed by atoms with E-state index >= 15 is 0 Å². The van der Waals surface area contributed by atoms with E-state index in [1.807, 2.05) is 0 Å². The van der Waals surface area contributed by atoms with Gasteiger partial charge in [0.05, 0.1) is 24.7 Å². The van der Waals surface area contributed by atoms with Crippen LogP contribution in [0.4, 0.5) is 10.5 Å². The number of hydrogen-bond donors (Lipinski definition) is 0. The minimum atomic E-state index is -2.33. The fourth-order valence-corrected chi connectivity index (χ4v) is 2.45. The summed E-state index contributed by atoms with van der Waals surface area (Å²) in [6.45, 7) is -1.04. The molecule has 1 aromatic heterocycles. The van der Waals surface area contributed by atoms with E-state index in [1.165, 1.54) is 12.1 Å². The van der Waals surface area contributed by atoms with E-state index in [1.54, 1.807) is 0 Å². The van der Waals surface area contributed by atoms with Crippen molar-refractivity contribution in [3.63, 3.8) is 0 Å². The van der Waals surface area contributed by atoms with Crippen LogP contribution in [0.3, 0.4) is 0 Å². The van der Waals surface area contributed by atoms with E-state index in [9.17, 15) is 24.5 Å². The molecule has 0 spiro atoms. The number of nitro benzene ring substituents is 1. The number of esters is 2.